The molecule has 1 amide bonds. The molecular formula is C22H36N4O3S. The van der Waals surface area contributed by atoms with Crippen molar-refractivity contribution in [1.82, 2.24) is 19.4 Å². The Hall–Kier alpha value is -1.48. The van der Waals surface area contributed by atoms with E-state index < -0.39 is 10.0 Å². The van der Waals surface area contributed by atoms with E-state index in [0.29, 0.717) is 24.5 Å². The van der Waals surface area contributed by atoms with Crippen LogP contribution in [0.15, 0.2) is 23.1 Å². The Morgan fingerprint density at radius 1 is 1.20 bits per heavy atom. The summed E-state index contributed by atoms with van der Waals surface area (Å²) in [4.78, 5) is 17.3. The Morgan fingerprint density at radius 2 is 1.93 bits per heavy atom. The third-order valence-corrected chi connectivity index (χ3v) is 8.33. The van der Waals surface area contributed by atoms with Crippen LogP contribution in [0.4, 0.5) is 0 Å². The maximum absolute atomic E-state index is 13.6. The number of hydrogen-bond donors (Lipinski definition) is 1. The third kappa shape index (κ3) is 5.41. The summed E-state index contributed by atoms with van der Waals surface area (Å²) in [6.07, 6.45) is 2.32. The zero-order valence-electron chi connectivity index (χ0n) is 18.6. The first-order valence-corrected chi connectivity index (χ1v) is 12.6. The lowest BCUT2D eigenvalue weighted by Crippen LogP contribution is -2.48. The largest absolute Gasteiger partial charge is 0.340 e. The van der Waals surface area contributed by atoms with Crippen molar-refractivity contribution in [3.8, 4) is 0 Å². The molecule has 2 fully saturated rings. The van der Waals surface area contributed by atoms with Gasteiger partial charge in [0, 0.05) is 51.7 Å². The average molecular weight is 437 g/mol. The normalized spacial score (nSPS) is 20.8. The molecular weight excluding hydrogens is 400 g/mol. The number of likely N-dealkylation sites (tertiary alicyclic amines) is 1. The number of nitrogens with zero attached hydrogens (tertiary/aromatic N) is 3. The van der Waals surface area contributed by atoms with Crippen LogP contribution in [0.5, 0.6) is 0 Å². The van der Waals surface area contributed by atoms with E-state index in [1.165, 1.54) is 0 Å². The van der Waals surface area contributed by atoms with Crippen molar-refractivity contribution in [3.63, 3.8) is 0 Å². The molecule has 0 unspecified atom stereocenters. The summed E-state index contributed by atoms with van der Waals surface area (Å²) in [7, 11) is -3.68. The fraction of sp³-hybridized carbons (Fsp3) is 0.682. The number of hydrogen-bond acceptors (Lipinski definition) is 5. The quantitative estimate of drug-likeness (QED) is 0.670. The summed E-state index contributed by atoms with van der Waals surface area (Å²) in [5, 5.41) is 3.25. The molecule has 0 spiro atoms. The zero-order chi connectivity index (χ0) is 21.7. The molecule has 2 saturated heterocycles. The van der Waals surface area contributed by atoms with Gasteiger partial charge in [-0.1, -0.05) is 19.1 Å². The molecule has 3 rings (SSSR count). The smallest absolute Gasteiger partial charge is 0.243 e. The molecule has 0 radical (unpaired) electrons. The van der Waals surface area contributed by atoms with Gasteiger partial charge in [0.25, 0.3) is 0 Å². The number of likely N-dealkylation sites (N-methyl/N-ethyl adjacent to an activating group) is 1. The molecule has 0 aromatic heterocycles. The van der Waals surface area contributed by atoms with Crippen LogP contribution in [-0.4, -0.2) is 86.8 Å². The molecule has 1 N–H and O–H groups in total. The van der Waals surface area contributed by atoms with Crippen molar-refractivity contribution >= 4 is 15.9 Å². The minimum atomic E-state index is -3.68. The van der Waals surface area contributed by atoms with Gasteiger partial charge in [-0.25, -0.2) is 8.42 Å². The molecule has 2 heterocycles. The number of carbonyl (C=O) groups is 1. The molecule has 0 saturated carbocycles. The van der Waals surface area contributed by atoms with Crippen LogP contribution in [0.3, 0.4) is 0 Å². The number of carbonyl (C=O) groups excluding carboxylic acids is 1. The van der Waals surface area contributed by atoms with Gasteiger partial charge in [0.2, 0.25) is 15.9 Å². The average Bonchev–Trinajstić information content (AvgIpc) is 3.20. The van der Waals surface area contributed by atoms with Crippen LogP contribution in [0.25, 0.3) is 0 Å². The molecule has 30 heavy (non-hydrogen) atoms. The van der Waals surface area contributed by atoms with Gasteiger partial charge in [-0.05, 0) is 57.0 Å². The summed E-state index contributed by atoms with van der Waals surface area (Å²) >= 11 is 0. The van der Waals surface area contributed by atoms with Crippen molar-refractivity contribution < 1.29 is 13.2 Å². The molecule has 7 nitrogen and oxygen atoms in total. The van der Waals surface area contributed by atoms with Gasteiger partial charge in [-0.15, -0.1) is 0 Å². The molecule has 2 aliphatic rings. The predicted molar refractivity (Wildman–Crippen MR) is 119 cm³/mol. The molecule has 2 aliphatic heterocycles. The van der Waals surface area contributed by atoms with Crippen molar-refractivity contribution in [1.29, 1.82) is 0 Å². The number of sulfonamides is 1. The first-order chi connectivity index (χ1) is 14.3. The van der Waals surface area contributed by atoms with Crippen LogP contribution < -0.4 is 5.32 Å². The van der Waals surface area contributed by atoms with Crippen LogP contribution in [0.2, 0.25) is 0 Å². The van der Waals surface area contributed by atoms with Crippen LogP contribution in [0, 0.1) is 13.8 Å². The van der Waals surface area contributed by atoms with Gasteiger partial charge in [-0.2, -0.15) is 4.31 Å². The molecule has 1 aromatic carbocycles. The van der Waals surface area contributed by atoms with E-state index >= 15 is 0 Å². The topological polar surface area (TPSA) is 73.0 Å². The fourth-order valence-corrected chi connectivity index (χ4v) is 6.27. The highest BCUT2D eigenvalue weighted by molar-refractivity contribution is 7.89. The van der Waals surface area contributed by atoms with E-state index in [4.69, 9.17) is 0 Å². The van der Waals surface area contributed by atoms with Crippen molar-refractivity contribution in [2.75, 3.05) is 52.4 Å². The van der Waals surface area contributed by atoms with E-state index in [9.17, 15) is 13.2 Å². The lowest BCUT2D eigenvalue weighted by Gasteiger charge is -2.31. The second kappa shape index (κ2) is 10.2. The highest BCUT2D eigenvalue weighted by Crippen LogP contribution is 2.25. The van der Waals surface area contributed by atoms with Gasteiger partial charge in [-0.3, -0.25) is 9.69 Å². The highest BCUT2D eigenvalue weighted by Gasteiger charge is 2.33. The Kier molecular flexibility index (Phi) is 7.90. The Bertz CT molecular complexity index is 837. The first kappa shape index (κ1) is 23.2. The summed E-state index contributed by atoms with van der Waals surface area (Å²) in [6.45, 7) is 11.4. The van der Waals surface area contributed by atoms with Crippen molar-refractivity contribution in [3.05, 3.63) is 29.3 Å². The van der Waals surface area contributed by atoms with E-state index in [2.05, 4.69) is 17.1 Å². The second-order valence-electron chi connectivity index (χ2n) is 8.44. The van der Waals surface area contributed by atoms with Crippen LogP contribution >= 0.6 is 0 Å². The van der Waals surface area contributed by atoms with Crippen LogP contribution in [-0.2, 0) is 14.8 Å². The van der Waals surface area contributed by atoms with Gasteiger partial charge < -0.3 is 10.2 Å². The number of amides is 1. The molecule has 8 heteroatoms. The van der Waals surface area contributed by atoms with E-state index in [1.54, 1.807) is 10.4 Å². The number of piperazine rings is 1. The highest BCUT2D eigenvalue weighted by atomic mass is 32.2. The molecule has 168 valence electrons. The van der Waals surface area contributed by atoms with Gasteiger partial charge in [0.15, 0.2) is 0 Å². The van der Waals surface area contributed by atoms with Crippen molar-refractivity contribution in [2.45, 2.75) is 51.0 Å². The summed E-state index contributed by atoms with van der Waals surface area (Å²) in [5.74, 6) is 0.0384. The van der Waals surface area contributed by atoms with Gasteiger partial charge in [0.05, 0.1) is 4.90 Å². The van der Waals surface area contributed by atoms with E-state index in [1.807, 2.05) is 30.9 Å². The minimum absolute atomic E-state index is 0.0384. The standard InChI is InChI=1S/C22H36N4O3S/c1-4-24-12-5-6-20(24)17-26(13-9-22(27)25-14-10-23-11-15-25)30(28,29)21-16-18(2)7-8-19(21)3/h7-8,16,20,23H,4-6,9-15,17H2,1-3H3/t20-/m1/s1. The Balaban J connectivity index is 1.81. The number of nitrogens with one attached hydrogen (secondary N) is 1. The summed E-state index contributed by atoms with van der Waals surface area (Å²) in [5.41, 5.74) is 1.67. The summed E-state index contributed by atoms with van der Waals surface area (Å²) in [6, 6.07) is 5.76. The molecule has 0 bridgehead atoms. The Labute approximate surface area is 181 Å². The van der Waals surface area contributed by atoms with Gasteiger partial charge >= 0.3 is 0 Å². The second-order valence-corrected chi connectivity index (χ2v) is 10.3. The SMILES string of the molecule is CCN1CCC[C@@H]1CN(CCC(=O)N1CCNCC1)S(=O)(=O)c1cc(C)ccc1C. The van der Waals surface area contributed by atoms with E-state index in [-0.39, 0.29) is 24.9 Å². The van der Waals surface area contributed by atoms with Crippen LogP contribution in [0.1, 0.15) is 37.3 Å². The lowest BCUT2D eigenvalue weighted by atomic mass is 10.2. The Morgan fingerprint density at radius 3 is 2.63 bits per heavy atom. The number of aryl methyl sites for hydroxylation is 2. The third-order valence-electron chi connectivity index (χ3n) is 6.33. The number of rotatable bonds is 8. The zero-order valence-corrected chi connectivity index (χ0v) is 19.4. The van der Waals surface area contributed by atoms with Gasteiger partial charge in [0.1, 0.15) is 0 Å². The number of benzene rings is 1. The predicted octanol–water partition coefficient (Wildman–Crippen LogP) is 1.60. The molecule has 0 aliphatic carbocycles. The van der Waals surface area contributed by atoms with E-state index in [0.717, 1.165) is 50.1 Å². The molecule has 1 aromatic rings. The van der Waals surface area contributed by atoms with Crippen molar-refractivity contribution in [2.24, 2.45) is 0 Å². The lowest BCUT2D eigenvalue weighted by molar-refractivity contribution is -0.131. The fourth-order valence-electron chi connectivity index (χ4n) is 4.48. The first-order valence-electron chi connectivity index (χ1n) is 11.1. The minimum Gasteiger partial charge on any atom is -0.340 e. The monoisotopic (exact) mass is 436 g/mol. The molecule has 1 atom stereocenters. The maximum atomic E-state index is 13.6. The maximum Gasteiger partial charge on any atom is 0.243 e. The summed E-state index contributed by atoms with van der Waals surface area (Å²) < 4.78 is 28.9.